The van der Waals surface area contributed by atoms with Crippen molar-refractivity contribution in [2.24, 2.45) is 0 Å². The highest BCUT2D eigenvalue weighted by Crippen LogP contribution is 2.12. The minimum Gasteiger partial charge on any atom is -0.491 e. The molecular formula is C17H21NO3. The van der Waals surface area contributed by atoms with E-state index in [9.17, 15) is 5.11 Å². The molecule has 0 aromatic heterocycles. The quantitative estimate of drug-likeness (QED) is 0.578. The van der Waals surface area contributed by atoms with Crippen molar-refractivity contribution in [3.05, 3.63) is 65.7 Å². The summed E-state index contributed by atoms with van der Waals surface area (Å²) in [5, 5.41) is 9.81. The van der Waals surface area contributed by atoms with Crippen molar-refractivity contribution in [2.75, 3.05) is 13.2 Å². The lowest BCUT2D eigenvalue weighted by Gasteiger charge is -2.13. The van der Waals surface area contributed by atoms with Gasteiger partial charge in [0, 0.05) is 0 Å². The van der Waals surface area contributed by atoms with E-state index in [0.717, 1.165) is 16.9 Å². The fourth-order valence-electron chi connectivity index (χ4n) is 1.82. The first-order valence-electron chi connectivity index (χ1n) is 7.00. The monoisotopic (exact) mass is 287 g/mol. The molecule has 2 N–H and O–H groups in total. The maximum atomic E-state index is 9.81. The lowest BCUT2D eigenvalue weighted by molar-refractivity contribution is -0.00596. The van der Waals surface area contributed by atoms with Crippen molar-refractivity contribution in [3.8, 4) is 5.75 Å². The van der Waals surface area contributed by atoms with Gasteiger partial charge in [0.15, 0.2) is 0 Å². The van der Waals surface area contributed by atoms with Crippen molar-refractivity contribution in [1.29, 1.82) is 0 Å². The Bertz CT molecular complexity index is 531. The summed E-state index contributed by atoms with van der Waals surface area (Å²) in [5.41, 5.74) is 4.96. The summed E-state index contributed by atoms with van der Waals surface area (Å²) in [6.45, 7) is 3.01. The molecule has 1 atom stereocenters. The predicted octanol–water partition coefficient (Wildman–Crippen LogP) is 2.46. The van der Waals surface area contributed by atoms with Crippen LogP contribution in [0, 0.1) is 6.92 Å². The Balaban J connectivity index is 1.60. The van der Waals surface area contributed by atoms with Gasteiger partial charge in [-0.1, -0.05) is 42.5 Å². The predicted molar refractivity (Wildman–Crippen MR) is 81.9 cm³/mol. The van der Waals surface area contributed by atoms with Crippen LogP contribution in [0.2, 0.25) is 0 Å². The lowest BCUT2D eigenvalue weighted by Crippen LogP contribution is -2.31. The third kappa shape index (κ3) is 5.95. The van der Waals surface area contributed by atoms with Gasteiger partial charge in [0.2, 0.25) is 0 Å². The molecule has 0 aliphatic heterocycles. The van der Waals surface area contributed by atoms with Crippen LogP contribution in [-0.4, -0.2) is 24.4 Å². The number of aliphatic hydroxyl groups is 1. The summed E-state index contributed by atoms with van der Waals surface area (Å²) < 4.78 is 5.52. The summed E-state index contributed by atoms with van der Waals surface area (Å²) in [6, 6.07) is 17.6. The molecule has 4 heteroatoms. The number of nitrogens with one attached hydrogen (secondary N) is 1. The molecule has 0 saturated heterocycles. The molecule has 0 aliphatic rings. The molecule has 4 nitrogen and oxygen atoms in total. The molecule has 0 radical (unpaired) electrons. The van der Waals surface area contributed by atoms with Crippen LogP contribution in [-0.2, 0) is 11.4 Å². The van der Waals surface area contributed by atoms with E-state index in [-0.39, 0.29) is 6.61 Å². The summed E-state index contributed by atoms with van der Waals surface area (Å²) in [7, 11) is 0. The Labute approximate surface area is 125 Å². The van der Waals surface area contributed by atoms with Gasteiger partial charge in [-0.05, 0) is 30.2 Å². The van der Waals surface area contributed by atoms with Crippen LogP contribution < -0.4 is 10.2 Å². The number of hydrogen-bond donors (Lipinski definition) is 2. The molecule has 112 valence electrons. The maximum absolute atomic E-state index is 9.81. The van der Waals surface area contributed by atoms with Crippen molar-refractivity contribution in [3.63, 3.8) is 0 Å². The van der Waals surface area contributed by atoms with E-state index < -0.39 is 6.10 Å². The number of rotatable bonds is 8. The fraction of sp³-hybridized carbons (Fsp3) is 0.294. The standard InChI is InChI=1S/C17H21NO3/c1-14-6-5-9-17(10-14)20-13-16(19)11-18-21-12-15-7-3-2-4-8-15/h2-10,16,18-19H,11-13H2,1H3. The Morgan fingerprint density at radius 3 is 2.67 bits per heavy atom. The lowest BCUT2D eigenvalue weighted by atomic mass is 10.2. The average Bonchev–Trinajstić information content (AvgIpc) is 2.51. The van der Waals surface area contributed by atoms with E-state index in [1.54, 1.807) is 0 Å². The van der Waals surface area contributed by atoms with Gasteiger partial charge in [0.25, 0.3) is 0 Å². The second-order valence-electron chi connectivity index (χ2n) is 4.90. The van der Waals surface area contributed by atoms with Crippen molar-refractivity contribution < 1.29 is 14.7 Å². The number of aryl methyl sites for hydroxylation is 1. The highest BCUT2D eigenvalue weighted by molar-refractivity contribution is 5.27. The van der Waals surface area contributed by atoms with Gasteiger partial charge in [-0.15, -0.1) is 0 Å². The van der Waals surface area contributed by atoms with Crippen LogP contribution in [0.3, 0.4) is 0 Å². The van der Waals surface area contributed by atoms with Crippen molar-refractivity contribution in [1.82, 2.24) is 5.48 Å². The Morgan fingerprint density at radius 1 is 1.10 bits per heavy atom. The number of benzene rings is 2. The summed E-state index contributed by atoms with van der Waals surface area (Å²) >= 11 is 0. The number of aliphatic hydroxyl groups excluding tert-OH is 1. The van der Waals surface area contributed by atoms with E-state index in [4.69, 9.17) is 9.57 Å². The molecule has 0 amide bonds. The molecule has 2 aromatic carbocycles. The van der Waals surface area contributed by atoms with Crippen LogP contribution in [0.5, 0.6) is 5.75 Å². The Hall–Kier alpha value is -1.88. The van der Waals surface area contributed by atoms with Crippen LogP contribution in [0.4, 0.5) is 0 Å². The molecule has 0 saturated carbocycles. The van der Waals surface area contributed by atoms with Crippen LogP contribution in [0.25, 0.3) is 0 Å². The number of hydroxylamine groups is 1. The molecule has 0 heterocycles. The highest BCUT2D eigenvalue weighted by atomic mass is 16.6. The van der Waals surface area contributed by atoms with E-state index in [0.29, 0.717) is 13.2 Å². The minimum atomic E-state index is -0.624. The first kappa shape index (κ1) is 15.5. The topological polar surface area (TPSA) is 50.7 Å². The molecule has 1 unspecified atom stereocenters. The molecular weight excluding hydrogens is 266 g/mol. The molecule has 2 rings (SSSR count). The van der Waals surface area contributed by atoms with Crippen molar-refractivity contribution in [2.45, 2.75) is 19.6 Å². The van der Waals surface area contributed by atoms with Gasteiger partial charge in [-0.3, -0.25) is 4.84 Å². The smallest absolute Gasteiger partial charge is 0.119 e. The zero-order valence-electron chi connectivity index (χ0n) is 12.2. The van der Waals surface area contributed by atoms with Crippen LogP contribution in [0.1, 0.15) is 11.1 Å². The van der Waals surface area contributed by atoms with E-state index >= 15 is 0 Å². The van der Waals surface area contributed by atoms with Crippen LogP contribution >= 0.6 is 0 Å². The van der Waals surface area contributed by atoms with Gasteiger partial charge in [-0.2, -0.15) is 5.48 Å². The zero-order valence-corrected chi connectivity index (χ0v) is 12.2. The Morgan fingerprint density at radius 2 is 1.90 bits per heavy atom. The van der Waals surface area contributed by atoms with Crippen molar-refractivity contribution >= 4 is 0 Å². The number of hydrogen-bond acceptors (Lipinski definition) is 4. The maximum Gasteiger partial charge on any atom is 0.119 e. The molecule has 0 bridgehead atoms. The normalized spacial score (nSPS) is 12.1. The van der Waals surface area contributed by atoms with Gasteiger partial charge < -0.3 is 9.84 Å². The average molecular weight is 287 g/mol. The van der Waals surface area contributed by atoms with E-state index in [2.05, 4.69) is 5.48 Å². The SMILES string of the molecule is Cc1cccc(OCC(O)CNOCc2ccccc2)c1. The minimum absolute atomic E-state index is 0.227. The summed E-state index contributed by atoms with van der Waals surface area (Å²) in [6.07, 6.45) is -0.624. The fourth-order valence-corrected chi connectivity index (χ4v) is 1.82. The Kier molecular flexibility index (Phi) is 6.22. The van der Waals surface area contributed by atoms with E-state index in [1.807, 2.05) is 61.5 Å². The third-order valence-corrected chi connectivity index (χ3v) is 2.93. The van der Waals surface area contributed by atoms with Gasteiger partial charge in [0.05, 0.1) is 13.2 Å². The zero-order chi connectivity index (χ0) is 14.9. The first-order valence-corrected chi connectivity index (χ1v) is 7.00. The van der Waals surface area contributed by atoms with E-state index in [1.165, 1.54) is 0 Å². The molecule has 0 aliphatic carbocycles. The highest BCUT2D eigenvalue weighted by Gasteiger charge is 2.05. The second-order valence-corrected chi connectivity index (χ2v) is 4.90. The molecule has 0 spiro atoms. The number of ether oxygens (including phenoxy) is 1. The molecule has 0 fully saturated rings. The van der Waals surface area contributed by atoms with Gasteiger partial charge in [0.1, 0.15) is 18.5 Å². The molecule has 2 aromatic rings. The van der Waals surface area contributed by atoms with Gasteiger partial charge >= 0.3 is 0 Å². The summed E-state index contributed by atoms with van der Waals surface area (Å²) in [5.74, 6) is 0.763. The third-order valence-electron chi connectivity index (χ3n) is 2.93. The largest absolute Gasteiger partial charge is 0.491 e. The summed E-state index contributed by atoms with van der Waals surface area (Å²) in [4.78, 5) is 5.30. The molecule has 21 heavy (non-hydrogen) atoms. The van der Waals surface area contributed by atoms with Crippen LogP contribution in [0.15, 0.2) is 54.6 Å². The second kappa shape index (κ2) is 8.42. The van der Waals surface area contributed by atoms with Gasteiger partial charge in [-0.25, -0.2) is 0 Å². The first-order chi connectivity index (χ1) is 10.2.